The van der Waals surface area contributed by atoms with Gasteiger partial charge in [0.15, 0.2) is 0 Å². The molecule has 1 unspecified atom stereocenters. The van der Waals surface area contributed by atoms with E-state index in [1.165, 1.54) is 0 Å². The van der Waals surface area contributed by atoms with Crippen LogP contribution in [0.2, 0.25) is 0 Å². The Hall–Kier alpha value is -1.16. The summed E-state index contributed by atoms with van der Waals surface area (Å²) in [5.41, 5.74) is 0.947. The number of fused-ring (bicyclic) bond motifs is 5. The molecule has 0 spiro atoms. The molecule has 3 saturated carbocycles. The molecule has 196 valence electrons. The number of methoxy groups -OCH3 is 1. The Bertz CT molecular complexity index is 901. The molecular formula is C27H43N3O5. The third-order valence-electron chi connectivity index (χ3n) is 10.4. The maximum absolute atomic E-state index is 12.5. The van der Waals surface area contributed by atoms with Crippen LogP contribution in [0.15, 0.2) is 16.6 Å². The smallest absolute Gasteiger partial charge is 0.137 e. The van der Waals surface area contributed by atoms with Gasteiger partial charge in [-0.25, -0.2) is 0 Å². The fraction of sp³-hybridized carbons (Fsp3) is 0.852. The molecule has 5 rings (SSSR count). The van der Waals surface area contributed by atoms with Crippen LogP contribution < -0.4 is 0 Å². The molecule has 4 N–H and O–H groups in total. The van der Waals surface area contributed by atoms with E-state index in [0.29, 0.717) is 25.8 Å². The van der Waals surface area contributed by atoms with Crippen LogP contribution in [0.25, 0.3) is 0 Å². The lowest BCUT2D eigenvalue weighted by atomic mass is 9.46. The average Bonchev–Trinajstić information content (AvgIpc) is 3.11. The summed E-state index contributed by atoms with van der Waals surface area (Å²) in [6, 6.07) is 0. The predicted octanol–water partition coefficient (Wildman–Crippen LogP) is 2.02. The van der Waals surface area contributed by atoms with Gasteiger partial charge in [-0.05, 0) is 61.5 Å². The maximum Gasteiger partial charge on any atom is 0.137 e. The summed E-state index contributed by atoms with van der Waals surface area (Å²) in [4.78, 5) is 7.03. The van der Waals surface area contributed by atoms with E-state index in [0.717, 1.165) is 62.6 Å². The van der Waals surface area contributed by atoms with E-state index < -0.39 is 23.2 Å². The van der Waals surface area contributed by atoms with Crippen LogP contribution in [0, 0.1) is 34.0 Å². The van der Waals surface area contributed by atoms with Gasteiger partial charge in [-0.3, -0.25) is 9.89 Å². The van der Waals surface area contributed by atoms with Crippen molar-refractivity contribution in [3.05, 3.63) is 11.6 Å². The molecule has 1 saturated heterocycles. The number of allylic oxidation sites excluding steroid dienone is 1. The summed E-state index contributed by atoms with van der Waals surface area (Å²) >= 11 is 0. The third-order valence-corrected chi connectivity index (χ3v) is 10.4. The second-order valence-corrected chi connectivity index (χ2v) is 12.1. The first kappa shape index (κ1) is 25.5. The molecular weight excluding hydrogens is 446 g/mol. The van der Waals surface area contributed by atoms with Gasteiger partial charge in [-0.2, -0.15) is 0 Å². The summed E-state index contributed by atoms with van der Waals surface area (Å²) in [6.07, 6.45) is 4.78. The highest BCUT2D eigenvalue weighted by Crippen LogP contribution is 2.67. The van der Waals surface area contributed by atoms with Crippen LogP contribution in [0.3, 0.4) is 0 Å². The van der Waals surface area contributed by atoms with E-state index in [9.17, 15) is 15.3 Å². The quantitative estimate of drug-likeness (QED) is 0.439. The van der Waals surface area contributed by atoms with Gasteiger partial charge in [-0.15, -0.1) is 0 Å². The number of hydrogen-bond donors (Lipinski definition) is 4. The van der Waals surface area contributed by atoms with Gasteiger partial charge >= 0.3 is 0 Å². The van der Waals surface area contributed by atoms with Gasteiger partial charge < -0.3 is 30.2 Å². The van der Waals surface area contributed by atoms with Crippen molar-refractivity contribution in [2.24, 2.45) is 33.6 Å². The Labute approximate surface area is 208 Å². The Morgan fingerprint density at radius 2 is 1.91 bits per heavy atom. The van der Waals surface area contributed by atoms with Crippen LogP contribution in [0.5, 0.6) is 0 Å². The van der Waals surface area contributed by atoms with Crippen molar-refractivity contribution in [3.8, 4) is 0 Å². The molecule has 8 heteroatoms. The molecule has 8 nitrogen and oxygen atoms in total. The number of nitrogens with zero attached hydrogens (tertiary/aromatic N) is 2. The summed E-state index contributed by atoms with van der Waals surface area (Å²) < 4.78 is 10.7. The number of aliphatic hydroxyl groups excluding tert-OH is 2. The first-order chi connectivity index (χ1) is 16.6. The lowest BCUT2D eigenvalue weighted by Gasteiger charge is -2.60. The Morgan fingerprint density at radius 3 is 2.63 bits per heavy atom. The molecule has 0 aromatic carbocycles. The molecule has 0 radical (unpaired) electrons. The Morgan fingerprint density at radius 1 is 1.17 bits per heavy atom. The normalized spacial score (nSPS) is 47.1. The Kier molecular flexibility index (Phi) is 6.77. The van der Waals surface area contributed by atoms with Crippen molar-refractivity contribution in [3.63, 3.8) is 0 Å². The van der Waals surface area contributed by atoms with Gasteiger partial charge in [0.25, 0.3) is 0 Å². The predicted molar refractivity (Wildman–Crippen MR) is 134 cm³/mol. The first-order valence-electron chi connectivity index (χ1n) is 13.4. The summed E-state index contributed by atoms with van der Waals surface area (Å²) in [7, 11) is 1.62. The zero-order valence-corrected chi connectivity index (χ0v) is 21.5. The Balaban J connectivity index is 1.48. The van der Waals surface area contributed by atoms with Crippen LogP contribution in [-0.2, 0) is 9.47 Å². The number of nitrogens with one attached hydrogen (secondary N) is 1. The number of ether oxygens (including phenoxy) is 2. The van der Waals surface area contributed by atoms with Crippen LogP contribution in [0.4, 0.5) is 0 Å². The molecule has 5 aliphatic rings. The minimum atomic E-state index is -0.999. The van der Waals surface area contributed by atoms with Crippen LogP contribution in [-0.4, -0.2) is 96.1 Å². The largest absolute Gasteiger partial charge is 0.390 e. The summed E-state index contributed by atoms with van der Waals surface area (Å²) in [6.45, 7) is 8.44. The van der Waals surface area contributed by atoms with E-state index in [-0.39, 0.29) is 29.9 Å². The molecule has 1 heterocycles. The average molecular weight is 490 g/mol. The lowest BCUT2D eigenvalue weighted by Crippen LogP contribution is -2.61. The van der Waals surface area contributed by atoms with E-state index >= 15 is 0 Å². The van der Waals surface area contributed by atoms with Crippen molar-refractivity contribution < 1.29 is 24.8 Å². The van der Waals surface area contributed by atoms with Crippen LogP contribution >= 0.6 is 0 Å². The zero-order chi connectivity index (χ0) is 25.0. The molecule has 0 bridgehead atoms. The van der Waals surface area contributed by atoms with Gasteiger partial charge in [0.2, 0.25) is 0 Å². The fourth-order valence-corrected chi connectivity index (χ4v) is 8.36. The molecule has 4 fully saturated rings. The monoisotopic (exact) mass is 489 g/mol. The SMILES string of the molecule is COCN=C1C=C2C(CC[C@]3(C)[C@@H](C(=N)CN4CCOCC4)CC[C@@]23O)[C@@]2(C)C[C@H](O)[C@H](O)C[C@@H]12. The molecule has 1 aliphatic heterocycles. The van der Waals surface area contributed by atoms with E-state index in [4.69, 9.17) is 19.9 Å². The fourth-order valence-electron chi connectivity index (χ4n) is 8.36. The molecule has 0 aromatic rings. The number of aliphatic hydroxyl groups is 3. The highest BCUT2D eigenvalue weighted by atomic mass is 16.5. The van der Waals surface area contributed by atoms with Crippen molar-refractivity contribution >= 4 is 11.4 Å². The molecule has 8 atom stereocenters. The van der Waals surface area contributed by atoms with E-state index in [1.54, 1.807) is 7.11 Å². The first-order valence-corrected chi connectivity index (χ1v) is 13.4. The maximum atomic E-state index is 12.5. The highest BCUT2D eigenvalue weighted by Gasteiger charge is 2.66. The molecule has 35 heavy (non-hydrogen) atoms. The minimum absolute atomic E-state index is 0.0228. The topological polar surface area (TPSA) is 119 Å². The summed E-state index contributed by atoms with van der Waals surface area (Å²) in [5, 5.41) is 42.7. The molecule has 0 aromatic heterocycles. The lowest BCUT2D eigenvalue weighted by molar-refractivity contribution is -0.115. The molecule has 0 amide bonds. The number of morpholine rings is 1. The van der Waals surface area contributed by atoms with Crippen molar-refractivity contribution in [1.82, 2.24) is 4.90 Å². The van der Waals surface area contributed by atoms with Gasteiger partial charge in [0, 0.05) is 55.4 Å². The van der Waals surface area contributed by atoms with E-state index in [1.807, 2.05) is 0 Å². The van der Waals surface area contributed by atoms with Gasteiger partial charge in [-0.1, -0.05) is 13.8 Å². The van der Waals surface area contributed by atoms with Crippen molar-refractivity contribution in [2.75, 3.05) is 46.7 Å². The summed E-state index contributed by atoms with van der Waals surface area (Å²) in [5.74, 6) is 0.192. The van der Waals surface area contributed by atoms with Gasteiger partial charge in [0.05, 0.1) is 31.0 Å². The zero-order valence-electron chi connectivity index (χ0n) is 21.5. The second-order valence-electron chi connectivity index (χ2n) is 12.1. The number of rotatable bonds is 5. The van der Waals surface area contributed by atoms with Crippen molar-refractivity contribution in [1.29, 1.82) is 5.41 Å². The van der Waals surface area contributed by atoms with E-state index in [2.05, 4.69) is 24.8 Å². The molecule has 4 aliphatic carbocycles. The van der Waals surface area contributed by atoms with Crippen molar-refractivity contribution in [2.45, 2.75) is 70.2 Å². The third kappa shape index (κ3) is 3.96. The van der Waals surface area contributed by atoms with Crippen LogP contribution in [0.1, 0.15) is 52.4 Å². The standard InChI is InChI=1S/C27H43N3O5/c1-25-14-24(32)23(31)13-20(25)22(29-16-34-3)12-19-17(25)4-6-26(2)18(5-7-27(19,26)33)21(28)15-30-8-10-35-11-9-30/h12,17-18,20,23-24,28,31-33H,4-11,13-16H2,1-3H3/t17?,18-,20+,23-,24+,25-,26-,27-/m1/s1. The van der Waals surface area contributed by atoms with Gasteiger partial charge in [0.1, 0.15) is 6.73 Å². The number of hydrogen-bond acceptors (Lipinski definition) is 8. The highest BCUT2D eigenvalue weighted by molar-refractivity contribution is 6.00. The second kappa shape index (κ2) is 9.30. The minimum Gasteiger partial charge on any atom is -0.390 e. The number of aliphatic imine (C=N–C) groups is 1.